The Morgan fingerprint density at radius 3 is 2.37 bits per heavy atom. The van der Waals surface area contributed by atoms with Gasteiger partial charge in [0.15, 0.2) is 0 Å². The third-order valence-corrected chi connectivity index (χ3v) is 5.91. The number of nitrogens with zero attached hydrogens (tertiary/aromatic N) is 1. The Morgan fingerprint density at radius 1 is 1.10 bits per heavy atom. The predicted molar refractivity (Wildman–Crippen MR) is 124 cm³/mol. The zero-order valence-electron chi connectivity index (χ0n) is 17.9. The van der Waals surface area contributed by atoms with Gasteiger partial charge in [0.1, 0.15) is 11.8 Å². The SMILES string of the molecule is COc1ccc(CSCC(=O)N(Cc2ccccc2Cl)C(C)C(=O)NC(C)C)cc1. The van der Waals surface area contributed by atoms with E-state index in [1.807, 2.05) is 56.3 Å². The number of thioether (sulfide) groups is 1. The first kappa shape index (κ1) is 24.1. The molecule has 0 aromatic heterocycles. The van der Waals surface area contributed by atoms with Gasteiger partial charge in [-0.1, -0.05) is 41.9 Å². The molecule has 0 aliphatic heterocycles. The van der Waals surface area contributed by atoms with Crippen molar-refractivity contribution < 1.29 is 14.3 Å². The molecule has 0 radical (unpaired) electrons. The highest BCUT2D eigenvalue weighted by atomic mass is 35.5. The van der Waals surface area contributed by atoms with Crippen LogP contribution in [0.25, 0.3) is 0 Å². The van der Waals surface area contributed by atoms with Crippen molar-refractivity contribution in [3.8, 4) is 5.75 Å². The van der Waals surface area contributed by atoms with Crippen LogP contribution in [0.5, 0.6) is 5.75 Å². The Labute approximate surface area is 188 Å². The molecule has 2 aromatic rings. The summed E-state index contributed by atoms with van der Waals surface area (Å²) >= 11 is 7.81. The van der Waals surface area contributed by atoms with Gasteiger partial charge >= 0.3 is 0 Å². The minimum atomic E-state index is -0.599. The lowest BCUT2D eigenvalue weighted by Crippen LogP contribution is -2.49. The normalized spacial score (nSPS) is 11.8. The molecular weight excluding hydrogens is 420 g/mol. The highest BCUT2D eigenvalue weighted by Crippen LogP contribution is 2.21. The van der Waals surface area contributed by atoms with Gasteiger partial charge in [0, 0.05) is 23.4 Å². The fraction of sp³-hybridized carbons (Fsp3) is 0.391. The van der Waals surface area contributed by atoms with Crippen LogP contribution in [0.15, 0.2) is 48.5 Å². The van der Waals surface area contributed by atoms with Crippen LogP contribution in [0.3, 0.4) is 0 Å². The minimum Gasteiger partial charge on any atom is -0.497 e. The lowest BCUT2D eigenvalue weighted by molar-refractivity contribution is -0.138. The molecule has 0 saturated heterocycles. The number of carbonyl (C=O) groups is 2. The summed E-state index contributed by atoms with van der Waals surface area (Å²) < 4.78 is 5.17. The standard InChI is InChI=1S/C23H29ClN2O3S/c1-16(2)25-23(28)17(3)26(13-19-7-5-6-8-21(19)24)22(27)15-30-14-18-9-11-20(29-4)12-10-18/h5-12,16-17H,13-15H2,1-4H3,(H,25,28). The summed E-state index contributed by atoms with van der Waals surface area (Å²) in [5, 5.41) is 3.47. The van der Waals surface area contributed by atoms with E-state index < -0.39 is 6.04 Å². The first-order valence-electron chi connectivity index (χ1n) is 9.85. The predicted octanol–water partition coefficient (Wildman–Crippen LogP) is 4.52. The molecule has 7 heteroatoms. The van der Waals surface area contributed by atoms with Crippen LogP contribution in [0, 0.1) is 0 Å². The van der Waals surface area contributed by atoms with Gasteiger partial charge in [-0.25, -0.2) is 0 Å². The Hall–Kier alpha value is -2.18. The maximum atomic E-state index is 13.0. The molecule has 2 amide bonds. The van der Waals surface area contributed by atoms with E-state index in [-0.39, 0.29) is 30.2 Å². The zero-order valence-corrected chi connectivity index (χ0v) is 19.4. The molecule has 0 aliphatic carbocycles. The molecule has 0 heterocycles. The van der Waals surface area contributed by atoms with Crippen LogP contribution < -0.4 is 10.1 Å². The third-order valence-electron chi connectivity index (χ3n) is 4.55. The van der Waals surface area contributed by atoms with Crippen molar-refractivity contribution in [1.29, 1.82) is 0 Å². The first-order chi connectivity index (χ1) is 14.3. The van der Waals surface area contributed by atoms with Crippen molar-refractivity contribution in [1.82, 2.24) is 10.2 Å². The van der Waals surface area contributed by atoms with Gasteiger partial charge in [-0.05, 0) is 50.1 Å². The number of benzene rings is 2. The van der Waals surface area contributed by atoms with E-state index in [0.717, 1.165) is 16.9 Å². The number of carbonyl (C=O) groups excluding carboxylic acids is 2. The van der Waals surface area contributed by atoms with Crippen LogP contribution in [-0.4, -0.2) is 41.7 Å². The Bertz CT molecular complexity index is 843. The lowest BCUT2D eigenvalue weighted by atomic mass is 10.1. The minimum absolute atomic E-state index is 0.00154. The number of amides is 2. The second kappa shape index (κ2) is 11.9. The molecular formula is C23H29ClN2O3S. The molecule has 0 spiro atoms. The quantitative estimate of drug-likeness (QED) is 0.580. The Kier molecular flexibility index (Phi) is 9.53. The van der Waals surface area contributed by atoms with E-state index in [0.29, 0.717) is 10.8 Å². The van der Waals surface area contributed by atoms with Crippen molar-refractivity contribution in [2.24, 2.45) is 0 Å². The van der Waals surface area contributed by atoms with E-state index in [1.54, 1.807) is 25.0 Å². The average Bonchev–Trinajstić information content (AvgIpc) is 2.72. The molecule has 0 fully saturated rings. The topological polar surface area (TPSA) is 58.6 Å². The monoisotopic (exact) mass is 448 g/mol. The van der Waals surface area contributed by atoms with Gasteiger partial charge in [0.25, 0.3) is 0 Å². The smallest absolute Gasteiger partial charge is 0.242 e. The van der Waals surface area contributed by atoms with Gasteiger partial charge < -0.3 is 15.0 Å². The summed E-state index contributed by atoms with van der Waals surface area (Å²) in [7, 11) is 1.63. The highest BCUT2D eigenvalue weighted by molar-refractivity contribution is 7.99. The molecule has 0 aliphatic rings. The number of halogens is 1. The van der Waals surface area contributed by atoms with Gasteiger partial charge in [-0.3, -0.25) is 9.59 Å². The Balaban J connectivity index is 2.06. The highest BCUT2D eigenvalue weighted by Gasteiger charge is 2.26. The van der Waals surface area contributed by atoms with Crippen molar-refractivity contribution >= 4 is 35.2 Å². The molecule has 1 unspecified atom stereocenters. The number of methoxy groups -OCH3 is 1. The number of rotatable bonds is 10. The molecule has 162 valence electrons. The van der Waals surface area contributed by atoms with E-state index in [2.05, 4.69) is 5.32 Å². The first-order valence-corrected chi connectivity index (χ1v) is 11.4. The van der Waals surface area contributed by atoms with Crippen molar-refractivity contribution in [3.05, 3.63) is 64.7 Å². The van der Waals surface area contributed by atoms with Crippen LogP contribution in [-0.2, 0) is 21.9 Å². The summed E-state index contributed by atoms with van der Waals surface area (Å²) in [6.07, 6.45) is 0. The summed E-state index contributed by atoms with van der Waals surface area (Å²) in [6, 6.07) is 14.6. The second-order valence-electron chi connectivity index (χ2n) is 7.29. The van der Waals surface area contributed by atoms with E-state index in [9.17, 15) is 9.59 Å². The summed E-state index contributed by atoms with van der Waals surface area (Å²) in [6.45, 7) is 5.83. The van der Waals surface area contributed by atoms with Gasteiger partial charge in [-0.15, -0.1) is 11.8 Å². The van der Waals surface area contributed by atoms with Gasteiger partial charge in [0.05, 0.1) is 12.9 Å². The average molecular weight is 449 g/mol. The molecule has 2 rings (SSSR count). The van der Waals surface area contributed by atoms with Crippen LogP contribution in [0.2, 0.25) is 5.02 Å². The van der Waals surface area contributed by atoms with Crippen LogP contribution in [0.1, 0.15) is 31.9 Å². The largest absolute Gasteiger partial charge is 0.497 e. The number of ether oxygens (including phenoxy) is 1. The maximum Gasteiger partial charge on any atom is 0.242 e. The molecule has 30 heavy (non-hydrogen) atoms. The summed E-state index contributed by atoms with van der Waals surface area (Å²) in [4.78, 5) is 27.2. The van der Waals surface area contributed by atoms with Crippen molar-refractivity contribution in [3.63, 3.8) is 0 Å². The molecule has 0 bridgehead atoms. The third kappa shape index (κ3) is 7.26. The molecule has 5 nitrogen and oxygen atoms in total. The second-order valence-corrected chi connectivity index (χ2v) is 8.69. The van der Waals surface area contributed by atoms with E-state index in [1.165, 1.54) is 11.8 Å². The van der Waals surface area contributed by atoms with Crippen molar-refractivity contribution in [2.75, 3.05) is 12.9 Å². The van der Waals surface area contributed by atoms with Crippen LogP contribution in [0.4, 0.5) is 0 Å². The van der Waals surface area contributed by atoms with Crippen LogP contribution >= 0.6 is 23.4 Å². The molecule has 1 atom stereocenters. The Morgan fingerprint density at radius 2 is 1.77 bits per heavy atom. The lowest BCUT2D eigenvalue weighted by Gasteiger charge is -2.29. The number of nitrogens with one attached hydrogen (secondary N) is 1. The summed E-state index contributed by atoms with van der Waals surface area (Å²) in [5.41, 5.74) is 1.92. The fourth-order valence-electron chi connectivity index (χ4n) is 2.86. The van der Waals surface area contributed by atoms with Gasteiger partial charge in [0.2, 0.25) is 11.8 Å². The molecule has 2 aromatic carbocycles. The molecule has 0 saturated carbocycles. The summed E-state index contributed by atoms with van der Waals surface area (Å²) in [5.74, 6) is 1.50. The zero-order chi connectivity index (χ0) is 22.1. The fourth-order valence-corrected chi connectivity index (χ4v) is 3.92. The van der Waals surface area contributed by atoms with E-state index in [4.69, 9.17) is 16.3 Å². The van der Waals surface area contributed by atoms with Crippen molar-refractivity contribution in [2.45, 2.75) is 45.2 Å². The molecule has 1 N–H and O–H groups in total. The van der Waals surface area contributed by atoms with Gasteiger partial charge in [-0.2, -0.15) is 0 Å². The number of hydrogen-bond donors (Lipinski definition) is 1. The number of hydrogen-bond acceptors (Lipinski definition) is 4. The van der Waals surface area contributed by atoms with E-state index >= 15 is 0 Å². The maximum absolute atomic E-state index is 13.0.